The zero-order valence-corrected chi connectivity index (χ0v) is 10.6. The predicted octanol–water partition coefficient (Wildman–Crippen LogP) is -0.192. The van der Waals surface area contributed by atoms with Crippen LogP contribution in [0, 0.1) is 0 Å². The van der Waals surface area contributed by atoms with Crippen LogP contribution in [0.1, 0.15) is 26.7 Å². The van der Waals surface area contributed by atoms with E-state index in [0.717, 1.165) is 0 Å². The molecule has 103 valence electrons. The zero-order valence-electron chi connectivity index (χ0n) is 10.6. The van der Waals surface area contributed by atoms with Gasteiger partial charge < -0.3 is 14.8 Å². The first-order chi connectivity index (χ1) is 8.54. The molecule has 18 heavy (non-hydrogen) atoms. The molecule has 0 aliphatic carbocycles. The van der Waals surface area contributed by atoms with Crippen molar-refractivity contribution < 1.29 is 29.0 Å². The molecule has 0 unspecified atom stereocenters. The zero-order chi connectivity index (χ0) is 14.0. The highest BCUT2D eigenvalue weighted by molar-refractivity contribution is 5.85. The maximum absolute atomic E-state index is 11.5. The molecule has 0 aliphatic rings. The van der Waals surface area contributed by atoms with Gasteiger partial charge in [-0.1, -0.05) is 0 Å². The van der Waals surface area contributed by atoms with Crippen LogP contribution in [-0.4, -0.2) is 43.7 Å². The van der Waals surface area contributed by atoms with Crippen LogP contribution in [0.5, 0.6) is 0 Å². The van der Waals surface area contributed by atoms with Crippen LogP contribution in [0.25, 0.3) is 0 Å². The second-order valence-corrected chi connectivity index (χ2v) is 3.36. The van der Waals surface area contributed by atoms with E-state index in [0.29, 0.717) is 0 Å². The lowest BCUT2D eigenvalue weighted by Gasteiger charge is -2.15. The molecular weight excluding hydrogens is 242 g/mol. The molecule has 0 aromatic carbocycles. The third-order valence-corrected chi connectivity index (χ3v) is 1.98. The van der Waals surface area contributed by atoms with Gasteiger partial charge in [-0.15, -0.1) is 0 Å². The van der Waals surface area contributed by atoms with E-state index in [1.165, 1.54) is 0 Å². The van der Waals surface area contributed by atoms with E-state index in [2.05, 4.69) is 5.32 Å². The van der Waals surface area contributed by atoms with Crippen LogP contribution in [-0.2, 0) is 29.0 Å². The molecule has 1 N–H and O–H groups in total. The number of amides is 1. The Labute approximate surface area is 105 Å². The molecule has 1 atom stereocenters. The fraction of sp³-hybridized carbons (Fsp3) is 0.727. The van der Waals surface area contributed by atoms with Crippen molar-refractivity contribution in [2.24, 2.45) is 0 Å². The van der Waals surface area contributed by atoms with E-state index in [9.17, 15) is 19.5 Å². The molecule has 0 saturated heterocycles. The third-order valence-electron chi connectivity index (χ3n) is 1.98. The smallest absolute Gasteiger partial charge is 0.328 e. The average molecular weight is 260 g/mol. The van der Waals surface area contributed by atoms with Crippen molar-refractivity contribution in [3.63, 3.8) is 0 Å². The van der Waals surface area contributed by atoms with Gasteiger partial charge in [0.15, 0.2) is 6.61 Å². The Bertz CT molecular complexity index is 291. The van der Waals surface area contributed by atoms with Gasteiger partial charge in [-0.2, -0.15) is 0 Å². The average Bonchev–Trinajstić information content (AvgIpc) is 2.34. The molecule has 1 amide bonds. The lowest BCUT2D eigenvalue weighted by atomic mass is 10.1. The summed E-state index contributed by atoms with van der Waals surface area (Å²) in [6, 6.07) is -0.990. The maximum Gasteiger partial charge on any atom is 0.328 e. The van der Waals surface area contributed by atoms with Crippen molar-refractivity contribution >= 4 is 17.8 Å². The standard InChI is InChI=1S/C11H18NO6/c1-3-17-10(15)6-5-8(11(16)18-4-2)12-9(14)7-13/h8H,3-7H2,1-2H3,(H,12,14)/t8-/m0/s1. The number of hydrogen-bond donors (Lipinski definition) is 1. The van der Waals surface area contributed by atoms with Crippen molar-refractivity contribution in [3.05, 3.63) is 0 Å². The van der Waals surface area contributed by atoms with E-state index in [1.807, 2.05) is 0 Å². The molecule has 0 bridgehead atoms. The highest BCUT2D eigenvalue weighted by Gasteiger charge is 2.23. The topological polar surface area (TPSA) is 102 Å². The normalized spacial score (nSPS) is 11.5. The predicted molar refractivity (Wildman–Crippen MR) is 60.0 cm³/mol. The van der Waals surface area contributed by atoms with Crippen molar-refractivity contribution in [3.8, 4) is 0 Å². The highest BCUT2D eigenvalue weighted by Crippen LogP contribution is 2.02. The minimum Gasteiger partial charge on any atom is -0.466 e. The molecule has 7 nitrogen and oxygen atoms in total. The van der Waals surface area contributed by atoms with E-state index in [4.69, 9.17) is 9.47 Å². The van der Waals surface area contributed by atoms with E-state index in [1.54, 1.807) is 13.8 Å². The number of ether oxygens (including phenoxy) is 2. The molecule has 0 fully saturated rings. The second kappa shape index (κ2) is 9.41. The van der Waals surface area contributed by atoms with Crippen LogP contribution >= 0.6 is 0 Å². The summed E-state index contributed by atoms with van der Waals surface area (Å²) in [6.07, 6.45) is 0.0138. The van der Waals surface area contributed by atoms with Crippen LogP contribution in [0.4, 0.5) is 0 Å². The van der Waals surface area contributed by atoms with Gasteiger partial charge in [0.1, 0.15) is 6.04 Å². The number of esters is 2. The van der Waals surface area contributed by atoms with Crippen LogP contribution in [0.15, 0.2) is 0 Å². The van der Waals surface area contributed by atoms with Crippen LogP contribution in [0.2, 0.25) is 0 Å². The summed E-state index contributed by atoms with van der Waals surface area (Å²) in [5.74, 6) is -1.94. The maximum atomic E-state index is 11.5. The number of nitrogens with one attached hydrogen (secondary N) is 1. The Kier molecular flexibility index (Phi) is 8.55. The second-order valence-electron chi connectivity index (χ2n) is 3.36. The molecule has 1 radical (unpaired) electrons. The van der Waals surface area contributed by atoms with Crippen molar-refractivity contribution in [2.45, 2.75) is 32.7 Å². The molecule has 0 saturated carbocycles. The van der Waals surface area contributed by atoms with E-state index in [-0.39, 0.29) is 26.1 Å². The summed E-state index contributed by atoms with van der Waals surface area (Å²) >= 11 is 0. The molecule has 0 spiro atoms. The monoisotopic (exact) mass is 260 g/mol. The van der Waals surface area contributed by atoms with Gasteiger partial charge in [0.2, 0.25) is 5.91 Å². The van der Waals surface area contributed by atoms with Crippen LogP contribution < -0.4 is 5.32 Å². The Morgan fingerprint density at radius 2 is 1.72 bits per heavy atom. The molecule has 0 rings (SSSR count). The molecule has 0 aliphatic heterocycles. The van der Waals surface area contributed by atoms with Crippen molar-refractivity contribution in [2.75, 3.05) is 19.8 Å². The minimum atomic E-state index is -0.990. The SMILES string of the molecule is CCOC(=O)CC[C@H](NC(=O)C[O])C(=O)OCC. The number of carbonyl (C=O) groups excluding carboxylic acids is 3. The van der Waals surface area contributed by atoms with Gasteiger partial charge in [-0.05, 0) is 20.3 Å². The number of rotatable bonds is 8. The van der Waals surface area contributed by atoms with Gasteiger partial charge in [-0.3, -0.25) is 9.59 Å². The Balaban J connectivity index is 4.33. The summed E-state index contributed by atoms with van der Waals surface area (Å²) < 4.78 is 9.43. The number of carbonyl (C=O) groups is 3. The van der Waals surface area contributed by atoms with Crippen molar-refractivity contribution in [1.82, 2.24) is 5.32 Å². The Morgan fingerprint density at radius 3 is 2.22 bits per heavy atom. The first kappa shape index (κ1) is 16.4. The third kappa shape index (κ3) is 6.85. The van der Waals surface area contributed by atoms with Gasteiger partial charge >= 0.3 is 11.9 Å². The molecule has 0 heterocycles. The largest absolute Gasteiger partial charge is 0.466 e. The van der Waals surface area contributed by atoms with Crippen molar-refractivity contribution in [1.29, 1.82) is 0 Å². The van der Waals surface area contributed by atoms with E-state index >= 15 is 0 Å². The van der Waals surface area contributed by atoms with Gasteiger partial charge in [0, 0.05) is 6.42 Å². The Hall–Kier alpha value is -1.63. The molecule has 0 aromatic rings. The fourth-order valence-corrected chi connectivity index (χ4v) is 1.22. The van der Waals surface area contributed by atoms with Crippen LogP contribution in [0.3, 0.4) is 0 Å². The number of hydrogen-bond acceptors (Lipinski definition) is 5. The lowest BCUT2D eigenvalue weighted by molar-refractivity contribution is -0.149. The molecule has 0 aromatic heterocycles. The van der Waals surface area contributed by atoms with Gasteiger partial charge in [0.25, 0.3) is 0 Å². The molecular formula is C11H18NO6. The minimum absolute atomic E-state index is 0.0313. The van der Waals surface area contributed by atoms with Gasteiger partial charge in [-0.25, -0.2) is 9.90 Å². The fourth-order valence-electron chi connectivity index (χ4n) is 1.22. The summed E-state index contributed by atoms with van der Waals surface area (Å²) in [7, 11) is 0. The van der Waals surface area contributed by atoms with E-state index < -0.39 is 30.5 Å². The quantitative estimate of drug-likeness (QED) is 0.609. The summed E-state index contributed by atoms with van der Waals surface area (Å²) in [5.41, 5.74) is 0. The first-order valence-corrected chi connectivity index (χ1v) is 5.74. The summed E-state index contributed by atoms with van der Waals surface area (Å²) in [5, 5.41) is 12.5. The summed E-state index contributed by atoms with van der Waals surface area (Å²) in [4.78, 5) is 33.6. The van der Waals surface area contributed by atoms with Gasteiger partial charge in [0.05, 0.1) is 13.2 Å². The highest BCUT2D eigenvalue weighted by atomic mass is 16.5. The molecule has 7 heteroatoms. The lowest BCUT2D eigenvalue weighted by Crippen LogP contribution is -2.43. The summed E-state index contributed by atoms with van der Waals surface area (Å²) in [6.45, 7) is 2.71. The first-order valence-electron chi connectivity index (χ1n) is 5.74. The Morgan fingerprint density at radius 1 is 1.11 bits per heavy atom.